The lowest BCUT2D eigenvalue weighted by atomic mass is 10.2. The van der Waals surface area contributed by atoms with Gasteiger partial charge in [0.05, 0.1) is 11.8 Å². The van der Waals surface area contributed by atoms with Gasteiger partial charge in [-0.25, -0.2) is 0 Å². The van der Waals surface area contributed by atoms with Gasteiger partial charge in [0.1, 0.15) is 0 Å². The zero-order valence-electron chi connectivity index (χ0n) is 9.03. The first-order chi connectivity index (χ1) is 7.70. The van der Waals surface area contributed by atoms with E-state index in [2.05, 4.69) is 27.5 Å². The molecule has 88 valence electrons. The monoisotopic (exact) mass is 303 g/mol. The van der Waals surface area contributed by atoms with Gasteiger partial charge in [-0.2, -0.15) is 11.8 Å². The number of hydrogen-bond acceptors (Lipinski definition) is 3. The van der Waals surface area contributed by atoms with Crippen molar-refractivity contribution in [2.24, 2.45) is 0 Å². The molecule has 0 saturated heterocycles. The quantitative estimate of drug-likeness (QED) is 0.933. The normalized spacial score (nSPS) is 24.6. The van der Waals surface area contributed by atoms with E-state index in [0.717, 1.165) is 12.8 Å². The molecule has 1 saturated carbocycles. The molecule has 2 atom stereocenters. The van der Waals surface area contributed by atoms with Crippen LogP contribution in [-0.4, -0.2) is 23.5 Å². The van der Waals surface area contributed by atoms with Crippen molar-refractivity contribution in [1.82, 2.24) is 5.32 Å². The van der Waals surface area contributed by atoms with Gasteiger partial charge in [0.25, 0.3) is 5.91 Å². The van der Waals surface area contributed by atoms with Gasteiger partial charge >= 0.3 is 0 Å². The van der Waals surface area contributed by atoms with Gasteiger partial charge in [-0.3, -0.25) is 4.79 Å². The Labute approximate surface area is 107 Å². The lowest BCUT2D eigenvalue weighted by Crippen LogP contribution is -2.33. The molecule has 1 aliphatic rings. The fraction of sp³-hybridized carbons (Fsp3) is 0.545. The van der Waals surface area contributed by atoms with E-state index < -0.39 is 0 Å². The van der Waals surface area contributed by atoms with Crippen molar-refractivity contribution < 1.29 is 9.21 Å². The standard InChI is InChI=1S/C11H14BrNO2S/c1-16-8-3-2-7(6-8)13-11(14)9-4-5-15-10(9)12/h4-5,7-8H,2-3,6H2,1H3,(H,13,14). The first kappa shape index (κ1) is 12.0. The van der Waals surface area contributed by atoms with Crippen molar-refractivity contribution in [1.29, 1.82) is 0 Å². The molecule has 0 spiro atoms. The summed E-state index contributed by atoms with van der Waals surface area (Å²) in [7, 11) is 0. The smallest absolute Gasteiger partial charge is 0.255 e. The number of hydrogen-bond donors (Lipinski definition) is 1. The molecule has 1 N–H and O–H groups in total. The molecule has 3 nitrogen and oxygen atoms in total. The molecule has 1 heterocycles. The molecule has 1 aliphatic carbocycles. The van der Waals surface area contributed by atoms with Crippen LogP contribution in [0.4, 0.5) is 0 Å². The van der Waals surface area contributed by atoms with Crippen molar-refractivity contribution in [2.45, 2.75) is 30.6 Å². The predicted octanol–water partition coefficient (Wildman–Crippen LogP) is 3.06. The molecule has 1 fully saturated rings. The van der Waals surface area contributed by atoms with Crippen molar-refractivity contribution >= 4 is 33.6 Å². The highest BCUT2D eigenvalue weighted by Crippen LogP contribution is 2.28. The Morgan fingerprint density at radius 3 is 3.00 bits per heavy atom. The number of amides is 1. The second-order valence-corrected chi connectivity index (χ2v) is 5.81. The highest BCUT2D eigenvalue weighted by molar-refractivity contribution is 9.10. The van der Waals surface area contributed by atoms with E-state index in [9.17, 15) is 4.79 Å². The molecule has 2 unspecified atom stereocenters. The SMILES string of the molecule is CSC1CCC(NC(=O)c2ccoc2Br)C1. The molecular weight excluding hydrogens is 290 g/mol. The third-order valence-corrected chi connectivity index (χ3v) is 4.62. The minimum absolute atomic E-state index is 0.0487. The van der Waals surface area contributed by atoms with E-state index in [1.807, 2.05) is 11.8 Å². The van der Waals surface area contributed by atoms with Crippen LogP contribution in [0.3, 0.4) is 0 Å². The van der Waals surface area contributed by atoms with Gasteiger partial charge in [0.15, 0.2) is 4.67 Å². The number of thioether (sulfide) groups is 1. The maximum absolute atomic E-state index is 11.9. The van der Waals surface area contributed by atoms with Gasteiger partial charge in [0, 0.05) is 11.3 Å². The van der Waals surface area contributed by atoms with Crippen LogP contribution >= 0.6 is 27.7 Å². The summed E-state index contributed by atoms with van der Waals surface area (Å²) in [5.74, 6) is -0.0487. The second-order valence-electron chi connectivity index (χ2n) is 3.95. The summed E-state index contributed by atoms with van der Waals surface area (Å²) >= 11 is 5.09. The molecule has 16 heavy (non-hydrogen) atoms. The van der Waals surface area contributed by atoms with Crippen LogP contribution in [-0.2, 0) is 0 Å². The van der Waals surface area contributed by atoms with E-state index in [4.69, 9.17) is 4.42 Å². The number of furan rings is 1. The van der Waals surface area contributed by atoms with Crippen LogP contribution in [0.1, 0.15) is 29.6 Å². The Morgan fingerprint density at radius 1 is 1.62 bits per heavy atom. The topological polar surface area (TPSA) is 42.2 Å². The molecular formula is C11H14BrNO2S. The molecule has 2 rings (SSSR count). The molecule has 5 heteroatoms. The summed E-state index contributed by atoms with van der Waals surface area (Å²) in [6.07, 6.45) is 6.98. The van der Waals surface area contributed by atoms with Crippen LogP contribution in [0.5, 0.6) is 0 Å². The fourth-order valence-corrected chi connectivity index (χ4v) is 3.22. The van der Waals surface area contributed by atoms with Crippen molar-refractivity contribution in [3.05, 3.63) is 22.6 Å². The Kier molecular flexibility index (Phi) is 3.97. The van der Waals surface area contributed by atoms with E-state index in [0.29, 0.717) is 21.5 Å². The van der Waals surface area contributed by atoms with E-state index >= 15 is 0 Å². The van der Waals surface area contributed by atoms with Gasteiger partial charge in [0.2, 0.25) is 0 Å². The Bertz CT molecular complexity index is 380. The molecule has 0 radical (unpaired) electrons. The largest absolute Gasteiger partial charge is 0.457 e. The van der Waals surface area contributed by atoms with Crippen LogP contribution < -0.4 is 5.32 Å². The summed E-state index contributed by atoms with van der Waals surface area (Å²) in [4.78, 5) is 11.9. The first-order valence-corrected chi connectivity index (χ1v) is 7.35. The number of halogens is 1. The molecule has 1 amide bonds. The minimum atomic E-state index is -0.0487. The second kappa shape index (κ2) is 5.27. The van der Waals surface area contributed by atoms with Gasteiger partial charge in [-0.05, 0) is 47.5 Å². The number of carbonyl (C=O) groups is 1. The number of rotatable bonds is 3. The molecule has 1 aromatic rings. The van der Waals surface area contributed by atoms with Crippen LogP contribution in [0.2, 0.25) is 0 Å². The van der Waals surface area contributed by atoms with Crippen molar-refractivity contribution in [3.8, 4) is 0 Å². The fourth-order valence-electron chi connectivity index (χ4n) is 2.00. The Hall–Kier alpha value is -0.420. The summed E-state index contributed by atoms with van der Waals surface area (Å²) in [6.45, 7) is 0. The minimum Gasteiger partial charge on any atom is -0.457 e. The third-order valence-electron chi connectivity index (χ3n) is 2.92. The van der Waals surface area contributed by atoms with Gasteiger partial charge < -0.3 is 9.73 Å². The average molecular weight is 304 g/mol. The first-order valence-electron chi connectivity index (χ1n) is 5.27. The Balaban J connectivity index is 1.91. The lowest BCUT2D eigenvalue weighted by Gasteiger charge is -2.11. The van der Waals surface area contributed by atoms with Crippen LogP contribution in [0.15, 0.2) is 21.4 Å². The zero-order valence-corrected chi connectivity index (χ0v) is 11.4. The maximum Gasteiger partial charge on any atom is 0.255 e. The summed E-state index contributed by atoms with van der Waals surface area (Å²) in [5, 5.41) is 3.74. The van der Waals surface area contributed by atoms with Crippen LogP contribution in [0, 0.1) is 0 Å². The lowest BCUT2D eigenvalue weighted by molar-refractivity contribution is 0.0936. The summed E-state index contributed by atoms with van der Waals surface area (Å²) in [6, 6.07) is 1.99. The highest BCUT2D eigenvalue weighted by Gasteiger charge is 2.26. The third kappa shape index (κ3) is 2.63. The van der Waals surface area contributed by atoms with Gasteiger partial charge in [-0.1, -0.05) is 0 Å². The number of carbonyl (C=O) groups excluding carboxylic acids is 1. The molecule has 0 aromatic carbocycles. The Morgan fingerprint density at radius 2 is 2.44 bits per heavy atom. The highest BCUT2D eigenvalue weighted by atomic mass is 79.9. The van der Waals surface area contributed by atoms with E-state index in [1.54, 1.807) is 6.07 Å². The number of nitrogens with one attached hydrogen (secondary N) is 1. The maximum atomic E-state index is 11.9. The average Bonchev–Trinajstić information content (AvgIpc) is 2.86. The zero-order chi connectivity index (χ0) is 11.5. The van der Waals surface area contributed by atoms with Crippen molar-refractivity contribution in [2.75, 3.05) is 6.26 Å². The van der Waals surface area contributed by atoms with E-state index in [1.165, 1.54) is 12.7 Å². The van der Waals surface area contributed by atoms with Crippen molar-refractivity contribution in [3.63, 3.8) is 0 Å². The summed E-state index contributed by atoms with van der Waals surface area (Å²) in [5.41, 5.74) is 0.576. The van der Waals surface area contributed by atoms with Crippen LogP contribution in [0.25, 0.3) is 0 Å². The predicted molar refractivity (Wildman–Crippen MR) is 68.8 cm³/mol. The molecule has 0 aliphatic heterocycles. The summed E-state index contributed by atoms with van der Waals surface area (Å²) < 4.78 is 5.55. The van der Waals surface area contributed by atoms with Gasteiger partial charge in [-0.15, -0.1) is 0 Å². The van der Waals surface area contributed by atoms with E-state index in [-0.39, 0.29) is 5.91 Å². The molecule has 0 bridgehead atoms. The molecule has 1 aromatic heterocycles.